The lowest BCUT2D eigenvalue weighted by molar-refractivity contribution is -0.148. The van der Waals surface area contributed by atoms with Gasteiger partial charge in [0.15, 0.2) is 11.4 Å². The lowest BCUT2D eigenvalue weighted by Gasteiger charge is -2.46. The van der Waals surface area contributed by atoms with Crippen LogP contribution in [0.4, 0.5) is 0 Å². The van der Waals surface area contributed by atoms with Gasteiger partial charge < -0.3 is 23.4 Å². The number of fused-ring (bicyclic) bond motifs is 6. The second-order valence-corrected chi connectivity index (χ2v) is 14.5. The van der Waals surface area contributed by atoms with Gasteiger partial charge in [0, 0.05) is 44.9 Å². The van der Waals surface area contributed by atoms with Crippen LogP contribution in [0.25, 0.3) is 11.1 Å². The number of benzene rings is 4. The minimum absolute atomic E-state index is 0.00224. The van der Waals surface area contributed by atoms with Crippen LogP contribution in [0.15, 0.2) is 132 Å². The smallest absolute Gasteiger partial charge is 0.334 e. The Hall–Kier alpha value is -5.50. The zero-order valence-corrected chi connectivity index (χ0v) is 29.1. The van der Waals surface area contributed by atoms with Crippen molar-refractivity contribution in [3.63, 3.8) is 0 Å². The minimum atomic E-state index is -1.40. The van der Waals surface area contributed by atoms with E-state index in [9.17, 15) is 9.59 Å². The number of rotatable bonds is 8. The molecule has 7 nitrogen and oxygen atoms in total. The molecule has 2 fully saturated rings. The van der Waals surface area contributed by atoms with Crippen molar-refractivity contribution >= 4 is 11.8 Å². The monoisotopic (exact) mass is 690 g/mol. The standard InChI is InChI=1S/C45H38O7/c1-26(2)24-49-45(38-23-31-15-18-40(38)50-31)34-10-6-5-9-32(34)42(46)33-16-13-28(21-36(33)45)29-14-17-41-37(22-29)44(30-19-20-48-25-30,52-43(47)27(3)4)35-11-7-8-12-39(35)51-41/h5-14,16-17,19-22,25,31,38,40H,1,3,15,18,23-24H2,2,4H3. The molecule has 5 unspecified atom stereocenters. The van der Waals surface area contributed by atoms with E-state index in [2.05, 4.69) is 19.2 Å². The summed E-state index contributed by atoms with van der Waals surface area (Å²) in [5.41, 5.74) is 5.41. The lowest BCUT2D eigenvalue weighted by Crippen LogP contribution is -2.48. The van der Waals surface area contributed by atoms with Gasteiger partial charge >= 0.3 is 5.97 Å². The summed E-state index contributed by atoms with van der Waals surface area (Å²) in [7, 11) is 0. The van der Waals surface area contributed by atoms with Gasteiger partial charge in [0.05, 0.1) is 31.3 Å². The largest absolute Gasteiger partial charge is 0.472 e. The molecule has 7 heteroatoms. The molecule has 4 aromatic carbocycles. The number of esters is 1. The topological polar surface area (TPSA) is 84.2 Å². The van der Waals surface area contributed by atoms with Crippen LogP contribution in [0.2, 0.25) is 0 Å². The third-order valence-corrected chi connectivity index (χ3v) is 11.1. The highest BCUT2D eigenvalue weighted by atomic mass is 16.6. The van der Waals surface area contributed by atoms with Gasteiger partial charge in [-0.15, -0.1) is 0 Å². The molecular formula is C45H38O7. The number of ketones is 1. The zero-order chi connectivity index (χ0) is 35.8. The molecule has 4 aliphatic rings. The zero-order valence-electron chi connectivity index (χ0n) is 29.1. The molecule has 0 radical (unpaired) electrons. The summed E-state index contributed by atoms with van der Waals surface area (Å²) in [6, 6.07) is 29.1. The van der Waals surface area contributed by atoms with Crippen molar-refractivity contribution in [3.05, 3.63) is 167 Å². The molecule has 2 bridgehead atoms. The molecule has 1 aromatic heterocycles. The molecule has 5 aromatic rings. The van der Waals surface area contributed by atoms with Crippen molar-refractivity contribution in [1.29, 1.82) is 0 Å². The maximum absolute atomic E-state index is 14.3. The Kier molecular flexibility index (Phi) is 7.51. The number of carbonyl (C=O) groups excluding carboxylic acids is 2. The maximum atomic E-state index is 14.3. The lowest BCUT2D eigenvalue weighted by atomic mass is 9.63. The van der Waals surface area contributed by atoms with E-state index in [4.69, 9.17) is 23.4 Å². The van der Waals surface area contributed by atoms with Gasteiger partial charge in [-0.1, -0.05) is 79.4 Å². The Morgan fingerprint density at radius 2 is 1.54 bits per heavy atom. The average Bonchev–Trinajstić information content (AvgIpc) is 3.95. The highest BCUT2D eigenvalue weighted by molar-refractivity contribution is 6.13. The van der Waals surface area contributed by atoms with Crippen molar-refractivity contribution in [2.24, 2.45) is 5.92 Å². The van der Waals surface area contributed by atoms with E-state index in [1.54, 1.807) is 25.5 Å². The van der Waals surface area contributed by atoms with Crippen LogP contribution >= 0.6 is 0 Å². The van der Waals surface area contributed by atoms with E-state index in [0.717, 1.165) is 47.1 Å². The molecule has 1 aliphatic carbocycles. The van der Waals surface area contributed by atoms with Gasteiger partial charge in [-0.05, 0) is 80.1 Å². The molecule has 260 valence electrons. The third-order valence-electron chi connectivity index (χ3n) is 11.1. The fourth-order valence-corrected chi connectivity index (χ4v) is 8.84. The fraction of sp³-hybridized carbons (Fsp3) is 0.244. The SMILES string of the molecule is C=C(C)COC1(C2CC3CCC2O3)c2ccccc2C(=O)c2ccc(-c3ccc4c(c3)C(OC(=O)C(=C)C)(c3ccoc3)c3ccccc3O4)cc21. The molecule has 3 aliphatic heterocycles. The Morgan fingerprint density at radius 1 is 0.827 bits per heavy atom. The van der Waals surface area contributed by atoms with Crippen molar-refractivity contribution in [1.82, 2.24) is 0 Å². The van der Waals surface area contributed by atoms with Crippen molar-refractivity contribution in [2.75, 3.05) is 6.61 Å². The van der Waals surface area contributed by atoms with E-state index in [1.165, 1.54) is 0 Å². The molecule has 9 rings (SSSR count). The first kappa shape index (κ1) is 32.4. The van der Waals surface area contributed by atoms with Crippen LogP contribution in [0, 0.1) is 5.92 Å². The quantitative estimate of drug-likeness (QED) is 0.0911. The van der Waals surface area contributed by atoms with Gasteiger partial charge in [0.25, 0.3) is 0 Å². The maximum Gasteiger partial charge on any atom is 0.334 e. The summed E-state index contributed by atoms with van der Waals surface area (Å²) in [5.74, 6) is 0.526. The Labute approximate surface area is 302 Å². The number of hydrogen-bond acceptors (Lipinski definition) is 7. The summed E-state index contributed by atoms with van der Waals surface area (Å²) in [6.45, 7) is 12.0. The van der Waals surface area contributed by atoms with Gasteiger partial charge in [-0.2, -0.15) is 0 Å². The summed E-state index contributed by atoms with van der Waals surface area (Å²) < 4.78 is 32.1. The van der Waals surface area contributed by atoms with Gasteiger partial charge in [-0.3, -0.25) is 4.79 Å². The summed E-state index contributed by atoms with van der Waals surface area (Å²) >= 11 is 0. The molecule has 52 heavy (non-hydrogen) atoms. The van der Waals surface area contributed by atoms with Crippen molar-refractivity contribution in [3.8, 4) is 22.6 Å². The molecule has 2 saturated heterocycles. The fourth-order valence-electron chi connectivity index (χ4n) is 8.84. The Morgan fingerprint density at radius 3 is 2.25 bits per heavy atom. The third kappa shape index (κ3) is 4.72. The molecule has 5 atom stereocenters. The van der Waals surface area contributed by atoms with Crippen molar-refractivity contribution in [2.45, 2.75) is 56.5 Å². The predicted octanol–water partition coefficient (Wildman–Crippen LogP) is 9.41. The number of hydrogen-bond donors (Lipinski definition) is 0. The van der Waals surface area contributed by atoms with E-state index >= 15 is 0 Å². The van der Waals surface area contributed by atoms with Crippen LogP contribution in [0.1, 0.15) is 76.8 Å². The first-order valence-electron chi connectivity index (χ1n) is 17.8. The van der Waals surface area contributed by atoms with E-state index < -0.39 is 17.2 Å². The van der Waals surface area contributed by atoms with Crippen LogP contribution in [-0.2, 0) is 30.2 Å². The molecule has 0 N–H and O–H groups in total. The normalized spacial score (nSPS) is 25.0. The Bertz CT molecular complexity index is 2300. The minimum Gasteiger partial charge on any atom is -0.472 e. The number of carbonyl (C=O) groups is 2. The number of para-hydroxylation sites is 1. The summed E-state index contributed by atoms with van der Waals surface area (Å²) in [5, 5.41) is 0. The van der Waals surface area contributed by atoms with Crippen LogP contribution in [0.3, 0.4) is 0 Å². The molecule has 0 spiro atoms. The Balaban J connectivity index is 1.26. The second kappa shape index (κ2) is 12.0. The highest BCUT2D eigenvalue weighted by Gasteiger charge is 2.58. The van der Waals surface area contributed by atoms with Gasteiger partial charge in [0.2, 0.25) is 0 Å². The highest BCUT2D eigenvalue weighted by Crippen LogP contribution is 2.57. The first-order valence-corrected chi connectivity index (χ1v) is 17.8. The number of ether oxygens (including phenoxy) is 4. The molecule has 0 amide bonds. The van der Waals surface area contributed by atoms with Gasteiger partial charge in [-0.25, -0.2) is 4.79 Å². The molecular weight excluding hydrogens is 652 g/mol. The average molecular weight is 691 g/mol. The first-order chi connectivity index (χ1) is 25.2. The summed E-state index contributed by atoms with van der Waals surface area (Å²) in [4.78, 5) is 27.7. The molecule has 4 heterocycles. The van der Waals surface area contributed by atoms with Crippen LogP contribution in [-0.4, -0.2) is 30.6 Å². The van der Waals surface area contributed by atoms with E-state index in [0.29, 0.717) is 45.9 Å². The molecule has 0 saturated carbocycles. The van der Waals surface area contributed by atoms with Crippen molar-refractivity contribution < 1.29 is 33.0 Å². The van der Waals surface area contributed by atoms with Crippen LogP contribution in [0.5, 0.6) is 11.5 Å². The predicted molar refractivity (Wildman–Crippen MR) is 195 cm³/mol. The van der Waals surface area contributed by atoms with E-state index in [1.807, 2.05) is 85.8 Å². The van der Waals surface area contributed by atoms with E-state index in [-0.39, 0.29) is 29.5 Å². The second-order valence-electron chi connectivity index (χ2n) is 14.5. The summed E-state index contributed by atoms with van der Waals surface area (Å²) in [6.07, 6.45) is 6.14. The van der Waals surface area contributed by atoms with Crippen LogP contribution < -0.4 is 4.74 Å². The van der Waals surface area contributed by atoms with Gasteiger partial charge in [0.1, 0.15) is 17.1 Å². The number of furan rings is 1.